The smallest absolute Gasteiger partial charge is 0.270 e. The van der Waals surface area contributed by atoms with Crippen LogP contribution in [0, 0.1) is 17.0 Å². The highest BCUT2D eigenvalue weighted by molar-refractivity contribution is 8.01. The molecule has 0 radical (unpaired) electrons. The van der Waals surface area contributed by atoms with Gasteiger partial charge in [-0.15, -0.1) is 22.7 Å². The zero-order valence-electron chi connectivity index (χ0n) is 13.0. The third kappa shape index (κ3) is 4.62. The molecule has 128 valence electrons. The molecule has 2 aromatic heterocycles. The molecule has 3 aromatic rings. The molecule has 0 spiro atoms. The first-order valence-corrected chi connectivity index (χ1v) is 9.81. The van der Waals surface area contributed by atoms with Crippen molar-refractivity contribution < 1.29 is 9.72 Å². The molecule has 0 unspecified atom stereocenters. The van der Waals surface area contributed by atoms with Gasteiger partial charge in [0, 0.05) is 34.2 Å². The van der Waals surface area contributed by atoms with E-state index in [-0.39, 0.29) is 17.3 Å². The van der Waals surface area contributed by atoms with Crippen molar-refractivity contribution in [1.29, 1.82) is 0 Å². The van der Waals surface area contributed by atoms with E-state index in [2.05, 4.69) is 15.3 Å². The van der Waals surface area contributed by atoms with Gasteiger partial charge in [0.1, 0.15) is 0 Å². The second-order valence-corrected chi connectivity index (χ2v) is 7.88. The fourth-order valence-electron chi connectivity index (χ4n) is 1.92. The van der Waals surface area contributed by atoms with Gasteiger partial charge in [0.15, 0.2) is 9.47 Å². The number of aryl methyl sites for hydroxylation is 1. The summed E-state index contributed by atoms with van der Waals surface area (Å²) in [5.41, 5.74) is 2.17. The van der Waals surface area contributed by atoms with E-state index in [4.69, 9.17) is 0 Å². The molecule has 0 aliphatic heterocycles. The number of thiazole rings is 2. The minimum absolute atomic E-state index is 0.00577. The average Bonchev–Trinajstić information content (AvgIpc) is 3.22. The lowest BCUT2D eigenvalue weighted by Crippen LogP contribution is -2.13. The maximum absolute atomic E-state index is 12.0. The summed E-state index contributed by atoms with van der Waals surface area (Å²) in [5.74, 6) is 0.0800. The Morgan fingerprint density at radius 3 is 2.88 bits per heavy atom. The summed E-state index contributed by atoms with van der Waals surface area (Å²) < 4.78 is 0.851. The molecule has 0 bridgehead atoms. The second kappa shape index (κ2) is 7.72. The van der Waals surface area contributed by atoms with E-state index in [0.717, 1.165) is 10.0 Å². The van der Waals surface area contributed by atoms with Crippen LogP contribution in [0.1, 0.15) is 5.69 Å². The Bertz CT molecular complexity index is 922. The van der Waals surface area contributed by atoms with E-state index in [9.17, 15) is 14.9 Å². The quantitative estimate of drug-likeness (QED) is 0.383. The molecule has 1 N–H and O–H groups in total. The Kier molecular flexibility index (Phi) is 5.41. The van der Waals surface area contributed by atoms with Gasteiger partial charge in [-0.2, -0.15) is 0 Å². The van der Waals surface area contributed by atoms with Gasteiger partial charge in [0.25, 0.3) is 5.69 Å². The highest BCUT2D eigenvalue weighted by Crippen LogP contribution is 2.28. The van der Waals surface area contributed by atoms with Gasteiger partial charge in [0.05, 0.1) is 16.4 Å². The number of nitro benzene ring substituents is 1. The van der Waals surface area contributed by atoms with Gasteiger partial charge in [-0.25, -0.2) is 9.97 Å². The van der Waals surface area contributed by atoms with Gasteiger partial charge in [-0.3, -0.25) is 14.9 Å². The number of non-ortho nitro benzene ring substituents is 1. The molecule has 10 heteroatoms. The number of benzene rings is 1. The molecule has 1 amide bonds. The predicted molar refractivity (Wildman–Crippen MR) is 100 cm³/mol. The normalized spacial score (nSPS) is 10.6. The number of aromatic nitrogens is 2. The molecule has 0 fully saturated rings. The number of amides is 1. The average molecular weight is 392 g/mol. The molecule has 1 aromatic carbocycles. The third-order valence-corrected chi connectivity index (χ3v) is 5.92. The van der Waals surface area contributed by atoms with Crippen molar-refractivity contribution in [2.24, 2.45) is 0 Å². The van der Waals surface area contributed by atoms with Gasteiger partial charge in [-0.05, 0) is 6.92 Å². The zero-order chi connectivity index (χ0) is 17.8. The summed E-state index contributed by atoms with van der Waals surface area (Å²) in [5, 5.41) is 17.7. The molecule has 25 heavy (non-hydrogen) atoms. The molecular weight excluding hydrogens is 380 g/mol. The van der Waals surface area contributed by atoms with Crippen LogP contribution in [0.5, 0.6) is 0 Å². The minimum Gasteiger partial charge on any atom is -0.301 e. The predicted octanol–water partition coefficient (Wildman–Crippen LogP) is 4.21. The SMILES string of the molecule is Cc1csc(SCC(=O)Nc2nc(-c3cccc([N+](=O)[O-])c3)cs2)n1. The molecule has 3 rings (SSSR count). The van der Waals surface area contributed by atoms with Crippen molar-refractivity contribution in [3.63, 3.8) is 0 Å². The standard InChI is InChI=1S/C15H12N4O3S3/c1-9-6-24-15(16-9)25-8-13(20)18-14-17-12(7-23-14)10-3-2-4-11(5-10)19(21)22/h2-7H,8H2,1H3,(H,17,18,20). The van der Waals surface area contributed by atoms with Gasteiger partial charge in [0.2, 0.25) is 5.91 Å². The number of hydrogen-bond acceptors (Lipinski definition) is 8. The van der Waals surface area contributed by atoms with E-state index in [1.54, 1.807) is 17.5 Å². The highest BCUT2D eigenvalue weighted by Gasteiger charge is 2.12. The van der Waals surface area contributed by atoms with Gasteiger partial charge >= 0.3 is 0 Å². The number of hydrogen-bond donors (Lipinski definition) is 1. The van der Waals surface area contributed by atoms with E-state index < -0.39 is 4.92 Å². The third-order valence-electron chi connectivity index (χ3n) is 3.03. The number of nitro groups is 1. The molecular formula is C15H12N4O3S3. The van der Waals surface area contributed by atoms with Crippen molar-refractivity contribution in [1.82, 2.24) is 9.97 Å². The molecule has 7 nitrogen and oxygen atoms in total. The summed E-state index contributed by atoms with van der Waals surface area (Å²) in [6.45, 7) is 1.91. The Hall–Kier alpha value is -2.30. The lowest BCUT2D eigenvalue weighted by molar-refractivity contribution is -0.384. The summed E-state index contributed by atoms with van der Waals surface area (Å²) in [6, 6.07) is 6.24. The fourth-order valence-corrected chi connectivity index (χ4v) is 4.31. The van der Waals surface area contributed by atoms with E-state index >= 15 is 0 Å². The first-order chi connectivity index (χ1) is 12.0. The number of carbonyl (C=O) groups is 1. The second-order valence-electron chi connectivity index (χ2n) is 4.94. The number of carbonyl (C=O) groups excluding carboxylic acids is 1. The van der Waals surface area contributed by atoms with E-state index in [0.29, 0.717) is 16.4 Å². The zero-order valence-corrected chi connectivity index (χ0v) is 15.4. The Morgan fingerprint density at radius 1 is 1.32 bits per heavy atom. The first kappa shape index (κ1) is 17.5. The number of rotatable bonds is 6. The number of nitrogens with zero attached hydrogens (tertiary/aromatic N) is 3. The monoisotopic (exact) mass is 392 g/mol. The van der Waals surface area contributed by atoms with E-state index in [1.807, 2.05) is 12.3 Å². The van der Waals surface area contributed by atoms with Gasteiger partial charge < -0.3 is 5.32 Å². The molecule has 0 aliphatic rings. The van der Waals surface area contributed by atoms with E-state index in [1.165, 1.54) is 46.6 Å². The molecule has 0 saturated heterocycles. The van der Waals surface area contributed by atoms with Crippen LogP contribution in [-0.2, 0) is 4.79 Å². The number of anilines is 1. The maximum atomic E-state index is 12.0. The van der Waals surface area contributed by atoms with Gasteiger partial charge in [-0.1, -0.05) is 23.9 Å². The summed E-state index contributed by atoms with van der Waals surface area (Å²) in [7, 11) is 0. The van der Waals surface area contributed by atoms with Crippen molar-refractivity contribution in [2.45, 2.75) is 11.3 Å². The van der Waals surface area contributed by atoms with Crippen LogP contribution < -0.4 is 5.32 Å². The van der Waals surface area contributed by atoms with Crippen LogP contribution in [-0.4, -0.2) is 26.6 Å². The van der Waals surface area contributed by atoms with Crippen LogP contribution in [0.4, 0.5) is 10.8 Å². The lowest BCUT2D eigenvalue weighted by atomic mass is 10.1. The first-order valence-electron chi connectivity index (χ1n) is 7.06. The largest absolute Gasteiger partial charge is 0.301 e. The molecule has 0 atom stereocenters. The Morgan fingerprint density at radius 2 is 2.16 bits per heavy atom. The Labute approximate surface area is 155 Å². The van der Waals surface area contributed by atoms with Crippen molar-refractivity contribution in [3.05, 3.63) is 50.8 Å². The fraction of sp³-hybridized carbons (Fsp3) is 0.133. The molecule has 0 saturated carbocycles. The molecule has 2 heterocycles. The van der Waals surface area contributed by atoms with Crippen LogP contribution in [0.2, 0.25) is 0 Å². The Balaban J connectivity index is 1.62. The van der Waals surface area contributed by atoms with Crippen molar-refractivity contribution >= 4 is 51.2 Å². The molecule has 0 aliphatic carbocycles. The van der Waals surface area contributed by atoms with Crippen molar-refractivity contribution in [3.8, 4) is 11.3 Å². The topological polar surface area (TPSA) is 98.0 Å². The van der Waals surface area contributed by atoms with Crippen LogP contribution >= 0.6 is 34.4 Å². The van der Waals surface area contributed by atoms with Crippen molar-refractivity contribution in [2.75, 3.05) is 11.1 Å². The maximum Gasteiger partial charge on any atom is 0.270 e. The summed E-state index contributed by atoms with van der Waals surface area (Å²) >= 11 is 4.16. The lowest BCUT2D eigenvalue weighted by Gasteiger charge is -2.00. The minimum atomic E-state index is -0.448. The highest BCUT2D eigenvalue weighted by atomic mass is 32.2. The number of thioether (sulfide) groups is 1. The summed E-state index contributed by atoms with van der Waals surface area (Å²) in [4.78, 5) is 31.0. The van der Waals surface area contributed by atoms with Crippen LogP contribution in [0.15, 0.2) is 39.4 Å². The van der Waals surface area contributed by atoms with Crippen LogP contribution in [0.25, 0.3) is 11.3 Å². The summed E-state index contributed by atoms with van der Waals surface area (Å²) in [6.07, 6.45) is 0. The van der Waals surface area contributed by atoms with Crippen LogP contribution in [0.3, 0.4) is 0 Å². The number of nitrogens with one attached hydrogen (secondary N) is 1.